The zero-order valence-corrected chi connectivity index (χ0v) is 68.3. The molecule has 3 N–H and O–H groups in total. The molecule has 0 radical (unpaired) electrons. The van der Waals surface area contributed by atoms with Crippen molar-refractivity contribution in [2.24, 2.45) is 0 Å². The fourth-order valence-electron chi connectivity index (χ4n) is 13.6. The summed E-state index contributed by atoms with van der Waals surface area (Å²) >= 11 is 0. The Morgan fingerprint density at radius 2 is 0.748 bits per heavy atom. The van der Waals surface area contributed by atoms with Crippen molar-refractivity contribution in [1.82, 2.24) is 58.6 Å². The van der Waals surface area contributed by atoms with Crippen LogP contribution in [-0.4, -0.2) is 110 Å². The third-order valence-electron chi connectivity index (χ3n) is 19.4. The highest BCUT2D eigenvalue weighted by Crippen LogP contribution is 2.38. The number of aryl methyl sites for hydroxylation is 3. The van der Waals surface area contributed by atoms with Crippen LogP contribution in [-0.2, 0) is 29.7 Å². The topological polar surface area (TPSA) is 337 Å². The summed E-state index contributed by atoms with van der Waals surface area (Å²) < 4.78 is 79.0. The third-order valence-corrected chi connectivity index (χ3v) is 22.7. The van der Waals surface area contributed by atoms with E-state index in [-0.39, 0.29) is 49.5 Å². The van der Waals surface area contributed by atoms with Crippen LogP contribution in [0.3, 0.4) is 0 Å². The quantitative estimate of drug-likeness (QED) is 0.0633. The van der Waals surface area contributed by atoms with Gasteiger partial charge in [-0.3, -0.25) is 52.3 Å². The number of anilines is 4. The van der Waals surface area contributed by atoms with E-state index in [0.29, 0.717) is 135 Å². The van der Waals surface area contributed by atoms with Crippen molar-refractivity contribution in [1.29, 1.82) is 0 Å². The molecule has 9 aromatic heterocycles. The minimum absolute atomic E-state index is 0.0643. The maximum Gasteiger partial charge on any atom is 0.263 e. The molecular formula is C88H75N19O9S3. The first-order chi connectivity index (χ1) is 56.9. The highest BCUT2D eigenvalue weighted by Gasteiger charge is 2.27. The van der Waals surface area contributed by atoms with Crippen LogP contribution in [0, 0.1) is 40.5 Å². The predicted molar refractivity (Wildman–Crippen MR) is 463 cm³/mol. The molecule has 0 saturated heterocycles. The smallest absolute Gasteiger partial charge is 0.263 e. The maximum absolute atomic E-state index is 14.4. The number of sulfonamides is 1. The first-order valence-electron chi connectivity index (χ1n) is 36.8. The van der Waals surface area contributed by atoms with Crippen LogP contribution in [0.1, 0.15) is 73.5 Å². The van der Waals surface area contributed by atoms with Gasteiger partial charge in [-0.15, -0.1) is 0 Å². The van der Waals surface area contributed by atoms with Crippen molar-refractivity contribution >= 4 is 102 Å². The number of benzene rings is 6. The molecule has 0 amide bonds. The van der Waals surface area contributed by atoms with Crippen molar-refractivity contribution in [3.8, 4) is 50.4 Å². The van der Waals surface area contributed by atoms with Gasteiger partial charge in [0.15, 0.2) is 24.7 Å². The molecule has 28 nitrogen and oxygen atoms in total. The summed E-state index contributed by atoms with van der Waals surface area (Å²) in [7, 11) is -9.12. The van der Waals surface area contributed by atoms with Gasteiger partial charge in [0.2, 0.25) is 27.1 Å². The zero-order chi connectivity index (χ0) is 84.8. The average Bonchev–Trinajstić information content (AvgIpc) is 0.757. The SMILES string of the molecule is [C-]#[N+]c1cnc(C)nc1N[C@@H](C)c1cc2cccc(-c3ccnc(N(C)S(C)(=O)=O)c3)c2c(=O)n1-c1ccccc1.[C-]#[N+]c1cnc(C)nc1N[C@@H](C)c1cc2cccc(-c3ccnc(S(C)(=O)=O)c3)c2c(=O)n1-c1ccccc1.[C-]#[N+]c1cnc(C)nc1N[C@@H](C)c1cc2cccc(-c3cncc(S(C)(=O)=O)c3)c2c(=O)n1-c1ccccc1. The van der Waals surface area contributed by atoms with E-state index < -0.39 is 47.8 Å². The molecule has 6 aromatic carbocycles. The van der Waals surface area contributed by atoms with Gasteiger partial charge in [0.1, 0.15) is 40.7 Å². The fraction of sp³-hybridized carbons (Fsp3) is 0.148. The highest BCUT2D eigenvalue weighted by molar-refractivity contribution is 7.92. The summed E-state index contributed by atoms with van der Waals surface area (Å²) in [5.41, 5.74) is 7.65. The minimum atomic E-state index is -3.54. The Balaban J connectivity index is 0.000000155. The molecule has 9 heterocycles. The Hall–Kier alpha value is -14.8. The molecule has 0 fully saturated rings. The number of nitrogens with one attached hydrogen (secondary N) is 3. The normalized spacial score (nSPS) is 12.1. The number of rotatable bonds is 19. The van der Waals surface area contributed by atoms with Crippen molar-refractivity contribution in [3.05, 3.63) is 337 Å². The summed E-state index contributed by atoms with van der Waals surface area (Å²) in [5, 5.41) is 13.3. The van der Waals surface area contributed by atoms with E-state index in [2.05, 4.69) is 75.3 Å². The van der Waals surface area contributed by atoms with Crippen LogP contribution < -0.4 is 36.9 Å². The lowest BCUT2D eigenvalue weighted by atomic mass is 9.98. The first-order valence-corrected chi connectivity index (χ1v) is 42.4. The number of sulfone groups is 2. The van der Waals surface area contributed by atoms with Crippen molar-refractivity contribution < 1.29 is 25.3 Å². The van der Waals surface area contributed by atoms with E-state index in [9.17, 15) is 39.6 Å². The van der Waals surface area contributed by atoms with E-state index in [1.165, 1.54) is 56.4 Å². The van der Waals surface area contributed by atoms with Gasteiger partial charge in [-0.25, -0.2) is 64.7 Å². The van der Waals surface area contributed by atoms with Crippen LogP contribution in [0.4, 0.5) is 40.3 Å². The van der Waals surface area contributed by atoms with Gasteiger partial charge in [0.25, 0.3) is 16.7 Å². The van der Waals surface area contributed by atoms with Crippen molar-refractivity contribution in [3.63, 3.8) is 0 Å². The van der Waals surface area contributed by atoms with Gasteiger partial charge in [0, 0.05) is 103 Å². The summed E-state index contributed by atoms with van der Waals surface area (Å²) in [6, 6.07) is 57.0. The number of hydrogen-bond acceptors (Lipinski definition) is 21. The molecule has 0 aliphatic carbocycles. The van der Waals surface area contributed by atoms with E-state index >= 15 is 0 Å². The number of pyridine rings is 6. The fourth-order valence-corrected chi connectivity index (χ4v) is 15.2. The summed E-state index contributed by atoms with van der Waals surface area (Å²) in [6.07, 6.45) is 13.6. The molecule has 119 heavy (non-hydrogen) atoms. The molecular weight excluding hydrogens is 1560 g/mol. The summed E-state index contributed by atoms with van der Waals surface area (Å²) in [6.45, 7) is 33.4. The second-order valence-electron chi connectivity index (χ2n) is 27.8. The Bertz CT molecular complexity index is 6920. The van der Waals surface area contributed by atoms with Crippen LogP contribution in [0.25, 0.3) is 97.3 Å². The molecule has 0 aliphatic heterocycles. The maximum atomic E-state index is 14.4. The first kappa shape index (κ1) is 82.2. The zero-order valence-electron chi connectivity index (χ0n) is 65.8. The van der Waals surface area contributed by atoms with E-state index in [1.807, 2.05) is 172 Å². The molecule has 15 aromatic rings. The van der Waals surface area contributed by atoms with Gasteiger partial charge in [-0.1, -0.05) is 109 Å². The Kier molecular flexibility index (Phi) is 23.7. The molecule has 31 heteroatoms. The monoisotopic (exact) mass is 1640 g/mol. The summed E-state index contributed by atoms with van der Waals surface area (Å²) in [4.78, 5) is 91.5. The molecule has 0 saturated carbocycles. The Morgan fingerprint density at radius 3 is 1.09 bits per heavy atom. The number of fused-ring (bicyclic) bond motifs is 3. The van der Waals surface area contributed by atoms with Crippen molar-refractivity contribution in [2.75, 3.05) is 46.1 Å². The molecule has 15 rings (SSSR count). The molecule has 0 unspecified atom stereocenters. The number of nitrogens with zero attached hydrogens (tertiary/aromatic N) is 16. The number of hydrogen-bond donors (Lipinski definition) is 3. The Labute approximate surface area is 685 Å². The lowest BCUT2D eigenvalue weighted by Gasteiger charge is -2.22. The lowest BCUT2D eigenvalue weighted by Crippen LogP contribution is -2.26. The molecule has 3 atom stereocenters. The number of para-hydroxylation sites is 3. The van der Waals surface area contributed by atoms with Gasteiger partial charge < -0.3 is 16.0 Å². The van der Waals surface area contributed by atoms with Crippen LogP contribution in [0.2, 0.25) is 0 Å². The molecule has 0 aliphatic rings. The summed E-state index contributed by atoms with van der Waals surface area (Å²) in [5.74, 6) is 2.97. The van der Waals surface area contributed by atoms with Gasteiger partial charge in [-0.2, -0.15) is 0 Å². The van der Waals surface area contributed by atoms with E-state index in [1.54, 1.807) is 71.0 Å². The second kappa shape index (κ2) is 34.3. The van der Waals surface area contributed by atoms with Crippen molar-refractivity contribution in [2.45, 2.75) is 69.6 Å². The average molecular weight is 1640 g/mol. The van der Waals surface area contributed by atoms with Gasteiger partial charge in [-0.05, 0) is 170 Å². The number of aromatic nitrogens is 12. The standard InChI is InChI=1S/C30H27N7O3S.2C29H24N6O3S/c1-19(34-29-25(31-3)18-33-20(2)35-29)26-16-22-10-9-13-24(21-14-15-32-27(17-21)36(4)41(5,39)40)28(22)30(38)37(26)23-11-7-6-8-12-23;1-18(33-28-25(30-3)17-32-19(2)34-28)26-14-20-9-8-12-24(21-13-23(16-31-15-21)39(4,37)38)27(20)29(36)35(26)22-10-6-5-7-11-22;1-18(33-28-24(30-3)17-32-19(2)34-28)25-15-21-9-8-12-23(20-13-14-31-26(16-20)39(4,37)38)27(21)29(36)35(25)22-10-6-5-7-11-22/h6-19H,1-2,4-5H3,(H,33,34,35);2*5-18H,1-2,4H3,(H,32,33,34)/t19-;2*18-/m000/s1. The lowest BCUT2D eigenvalue weighted by molar-refractivity contribution is 0.597. The van der Waals surface area contributed by atoms with Gasteiger partial charge >= 0.3 is 0 Å². The van der Waals surface area contributed by atoms with E-state index in [0.717, 1.165) is 23.1 Å². The van der Waals surface area contributed by atoms with Crippen LogP contribution in [0.5, 0.6) is 0 Å². The van der Waals surface area contributed by atoms with Crippen LogP contribution in [0.15, 0.2) is 262 Å². The molecule has 594 valence electrons. The second-order valence-corrected chi connectivity index (χ2v) is 33.8. The van der Waals surface area contributed by atoms with Gasteiger partial charge in [0.05, 0.1) is 65.2 Å². The minimum Gasteiger partial charge on any atom is -0.371 e. The highest BCUT2D eigenvalue weighted by atomic mass is 32.2. The Morgan fingerprint density at radius 1 is 0.395 bits per heavy atom. The third kappa shape index (κ3) is 17.7. The van der Waals surface area contributed by atoms with E-state index in [4.69, 9.17) is 19.7 Å². The largest absolute Gasteiger partial charge is 0.371 e. The molecule has 0 spiro atoms. The predicted octanol–water partition coefficient (Wildman–Crippen LogP) is 15.8. The molecule has 0 bridgehead atoms. The van der Waals surface area contributed by atoms with Crippen LogP contribution >= 0.6 is 0 Å².